The lowest BCUT2D eigenvalue weighted by molar-refractivity contribution is 0.494. The number of hydrogen-bond donors (Lipinski definition) is 1. The molecule has 5 heteroatoms. The summed E-state index contributed by atoms with van der Waals surface area (Å²) >= 11 is 1.52. The predicted octanol–water partition coefficient (Wildman–Crippen LogP) is 4.24. The lowest BCUT2D eigenvalue weighted by Crippen LogP contribution is -2.14. The standard InChI is InChI=1S/C16H17FN2OS/c1-2-18-7-3-4-16-19-10-13(20-16)15-8-11-5-6-12(17)9-14(11)21-15/h5-6,8-10,18H,2-4,7H2,1H3. The van der Waals surface area contributed by atoms with Crippen molar-refractivity contribution in [3.63, 3.8) is 0 Å². The quantitative estimate of drug-likeness (QED) is 0.692. The van der Waals surface area contributed by atoms with E-state index >= 15 is 0 Å². The summed E-state index contributed by atoms with van der Waals surface area (Å²) < 4.78 is 19.9. The first kappa shape index (κ1) is 14.2. The second-order valence-corrected chi connectivity index (χ2v) is 5.95. The Kier molecular flexibility index (Phi) is 4.31. The summed E-state index contributed by atoms with van der Waals surface area (Å²) in [6, 6.07) is 6.84. The van der Waals surface area contributed by atoms with Gasteiger partial charge in [-0.3, -0.25) is 0 Å². The van der Waals surface area contributed by atoms with Crippen molar-refractivity contribution < 1.29 is 8.81 Å². The number of benzene rings is 1. The van der Waals surface area contributed by atoms with Crippen LogP contribution in [-0.2, 0) is 6.42 Å². The van der Waals surface area contributed by atoms with Gasteiger partial charge in [0.05, 0.1) is 11.1 Å². The van der Waals surface area contributed by atoms with Crippen LogP contribution < -0.4 is 5.32 Å². The Morgan fingerprint density at radius 1 is 1.33 bits per heavy atom. The molecule has 21 heavy (non-hydrogen) atoms. The molecule has 0 aliphatic carbocycles. The Morgan fingerprint density at radius 2 is 2.24 bits per heavy atom. The van der Waals surface area contributed by atoms with Crippen molar-refractivity contribution in [3.8, 4) is 10.6 Å². The van der Waals surface area contributed by atoms with Gasteiger partial charge in [-0.05, 0) is 43.1 Å². The number of aryl methyl sites for hydroxylation is 1. The van der Waals surface area contributed by atoms with Gasteiger partial charge in [-0.2, -0.15) is 0 Å². The highest BCUT2D eigenvalue weighted by atomic mass is 32.1. The first-order valence-electron chi connectivity index (χ1n) is 7.11. The molecular formula is C16H17FN2OS. The molecule has 0 radical (unpaired) electrons. The zero-order chi connectivity index (χ0) is 14.7. The molecule has 0 amide bonds. The van der Waals surface area contributed by atoms with E-state index in [0.717, 1.165) is 52.5 Å². The summed E-state index contributed by atoms with van der Waals surface area (Å²) in [4.78, 5) is 5.30. The normalized spacial score (nSPS) is 11.3. The molecule has 0 saturated carbocycles. The molecule has 3 aromatic rings. The number of thiophene rings is 1. The maximum Gasteiger partial charge on any atom is 0.194 e. The van der Waals surface area contributed by atoms with Gasteiger partial charge in [0.15, 0.2) is 11.7 Å². The third kappa shape index (κ3) is 3.31. The molecule has 0 saturated heterocycles. The van der Waals surface area contributed by atoms with Gasteiger partial charge in [0.2, 0.25) is 0 Å². The number of hydrogen-bond acceptors (Lipinski definition) is 4. The van der Waals surface area contributed by atoms with Crippen LogP contribution >= 0.6 is 11.3 Å². The Labute approximate surface area is 126 Å². The molecule has 1 aromatic carbocycles. The van der Waals surface area contributed by atoms with Gasteiger partial charge in [0, 0.05) is 11.1 Å². The number of oxazole rings is 1. The van der Waals surface area contributed by atoms with Gasteiger partial charge in [-0.15, -0.1) is 11.3 Å². The molecule has 3 rings (SSSR count). The van der Waals surface area contributed by atoms with E-state index in [2.05, 4.69) is 17.2 Å². The molecule has 2 aromatic heterocycles. The Morgan fingerprint density at radius 3 is 3.10 bits per heavy atom. The summed E-state index contributed by atoms with van der Waals surface area (Å²) in [6.45, 7) is 4.04. The minimum absolute atomic E-state index is 0.211. The van der Waals surface area contributed by atoms with E-state index in [1.54, 1.807) is 18.3 Å². The zero-order valence-electron chi connectivity index (χ0n) is 11.9. The average molecular weight is 304 g/mol. The van der Waals surface area contributed by atoms with E-state index in [4.69, 9.17) is 4.42 Å². The van der Waals surface area contributed by atoms with E-state index in [1.807, 2.05) is 6.07 Å². The van der Waals surface area contributed by atoms with Crippen molar-refractivity contribution in [3.05, 3.63) is 42.2 Å². The molecule has 2 heterocycles. The van der Waals surface area contributed by atoms with Crippen molar-refractivity contribution in [1.29, 1.82) is 0 Å². The molecule has 0 aliphatic heterocycles. The number of aromatic nitrogens is 1. The van der Waals surface area contributed by atoms with E-state index in [-0.39, 0.29) is 5.82 Å². The molecule has 3 nitrogen and oxygen atoms in total. The zero-order valence-corrected chi connectivity index (χ0v) is 12.7. The summed E-state index contributed by atoms with van der Waals surface area (Å²) in [5.41, 5.74) is 0. The second kappa shape index (κ2) is 6.37. The van der Waals surface area contributed by atoms with E-state index in [0.29, 0.717) is 0 Å². The maximum absolute atomic E-state index is 13.2. The maximum atomic E-state index is 13.2. The molecule has 0 aliphatic rings. The van der Waals surface area contributed by atoms with Crippen LogP contribution in [0.25, 0.3) is 20.7 Å². The van der Waals surface area contributed by atoms with Crippen LogP contribution in [0.3, 0.4) is 0 Å². The van der Waals surface area contributed by atoms with Gasteiger partial charge in [-0.25, -0.2) is 9.37 Å². The van der Waals surface area contributed by atoms with Crippen molar-refractivity contribution >= 4 is 21.4 Å². The van der Waals surface area contributed by atoms with Crippen LogP contribution in [0.4, 0.5) is 4.39 Å². The number of fused-ring (bicyclic) bond motifs is 1. The van der Waals surface area contributed by atoms with Crippen LogP contribution in [0.15, 0.2) is 34.9 Å². The van der Waals surface area contributed by atoms with Crippen LogP contribution in [0.5, 0.6) is 0 Å². The summed E-state index contributed by atoms with van der Waals surface area (Å²) in [6.07, 6.45) is 3.58. The molecular weight excluding hydrogens is 287 g/mol. The first-order chi connectivity index (χ1) is 10.3. The fraction of sp³-hybridized carbons (Fsp3) is 0.312. The van der Waals surface area contributed by atoms with Crippen molar-refractivity contribution in [2.45, 2.75) is 19.8 Å². The second-order valence-electron chi connectivity index (χ2n) is 4.87. The number of halogens is 1. The smallest absolute Gasteiger partial charge is 0.194 e. The fourth-order valence-corrected chi connectivity index (χ4v) is 3.24. The van der Waals surface area contributed by atoms with E-state index < -0.39 is 0 Å². The minimum atomic E-state index is -0.211. The van der Waals surface area contributed by atoms with Crippen molar-refractivity contribution in [1.82, 2.24) is 10.3 Å². The minimum Gasteiger partial charge on any atom is -0.440 e. The van der Waals surface area contributed by atoms with Crippen LogP contribution in [0.1, 0.15) is 19.2 Å². The highest BCUT2D eigenvalue weighted by molar-refractivity contribution is 7.22. The Balaban J connectivity index is 1.75. The largest absolute Gasteiger partial charge is 0.440 e. The number of nitrogens with zero attached hydrogens (tertiary/aromatic N) is 1. The number of nitrogens with one attached hydrogen (secondary N) is 1. The Hall–Kier alpha value is -1.72. The topological polar surface area (TPSA) is 38.1 Å². The molecule has 0 unspecified atom stereocenters. The van der Waals surface area contributed by atoms with E-state index in [1.165, 1.54) is 17.4 Å². The van der Waals surface area contributed by atoms with Crippen molar-refractivity contribution in [2.75, 3.05) is 13.1 Å². The van der Waals surface area contributed by atoms with Gasteiger partial charge in [0.1, 0.15) is 5.82 Å². The van der Waals surface area contributed by atoms with Gasteiger partial charge < -0.3 is 9.73 Å². The van der Waals surface area contributed by atoms with Crippen LogP contribution in [0.2, 0.25) is 0 Å². The van der Waals surface area contributed by atoms with Crippen LogP contribution in [-0.4, -0.2) is 18.1 Å². The molecule has 110 valence electrons. The average Bonchev–Trinajstić information content (AvgIpc) is 3.09. The lowest BCUT2D eigenvalue weighted by Gasteiger charge is -1.98. The SMILES string of the molecule is CCNCCCc1ncc(-c2cc3ccc(F)cc3s2)o1. The molecule has 0 bridgehead atoms. The lowest BCUT2D eigenvalue weighted by atomic mass is 10.2. The molecule has 1 N–H and O–H groups in total. The molecule has 0 atom stereocenters. The summed E-state index contributed by atoms with van der Waals surface area (Å²) in [5.74, 6) is 1.30. The predicted molar refractivity (Wildman–Crippen MR) is 84.1 cm³/mol. The van der Waals surface area contributed by atoms with Gasteiger partial charge in [0.25, 0.3) is 0 Å². The van der Waals surface area contributed by atoms with Gasteiger partial charge >= 0.3 is 0 Å². The first-order valence-corrected chi connectivity index (χ1v) is 7.93. The number of rotatable bonds is 6. The molecule has 0 fully saturated rings. The molecule has 0 spiro atoms. The van der Waals surface area contributed by atoms with Crippen LogP contribution in [0, 0.1) is 5.82 Å². The third-order valence-electron chi connectivity index (χ3n) is 3.27. The monoisotopic (exact) mass is 304 g/mol. The Bertz CT molecular complexity index is 735. The third-order valence-corrected chi connectivity index (χ3v) is 4.39. The van der Waals surface area contributed by atoms with Crippen molar-refractivity contribution in [2.24, 2.45) is 0 Å². The fourth-order valence-electron chi connectivity index (χ4n) is 2.21. The highest BCUT2D eigenvalue weighted by Gasteiger charge is 2.10. The van der Waals surface area contributed by atoms with Gasteiger partial charge in [-0.1, -0.05) is 13.0 Å². The summed E-state index contributed by atoms with van der Waals surface area (Å²) in [5, 5.41) is 4.31. The highest BCUT2D eigenvalue weighted by Crippen LogP contribution is 2.34. The van der Waals surface area contributed by atoms with E-state index in [9.17, 15) is 4.39 Å². The summed E-state index contributed by atoms with van der Waals surface area (Å²) in [7, 11) is 0.